The summed E-state index contributed by atoms with van der Waals surface area (Å²) in [6, 6.07) is 2.93. The van der Waals surface area contributed by atoms with E-state index in [1.165, 1.54) is 0 Å². The Hall–Kier alpha value is -1.47. The molecule has 0 bridgehead atoms. The van der Waals surface area contributed by atoms with Gasteiger partial charge < -0.3 is 5.32 Å². The molecule has 0 atom stereocenters. The van der Waals surface area contributed by atoms with Crippen LogP contribution >= 0.6 is 0 Å². The number of halogens is 1. The second kappa shape index (κ2) is 5.26. The van der Waals surface area contributed by atoms with Crippen LogP contribution in [0.2, 0.25) is 0 Å². The van der Waals surface area contributed by atoms with Crippen LogP contribution in [-0.4, -0.2) is 14.3 Å². The highest BCUT2D eigenvalue weighted by Gasteiger charge is 2.20. The minimum Gasteiger partial charge on any atom is -0.325 e. The van der Waals surface area contributed by atoms with E-state index in [2.05, 4.69) is 5.32 Å². The van der Waals surface area contributed by atoms with Crippen molar-refractivity contribution in [3.05, 3.63) is 24.0 Å². The molecule has 0 unspecified atom stereocenters. The van der Waals surface area contributed by atoms with Gasteiger partial charge in [-0.15, -0.1) is 0 Å². The monoisotopic (exact) mass is 288 g/mol. The van der Waals surface area contributed by atoms with E-state index in [4.69, 9.17) is 5.14 Å². The molecule has 3 N–H and O–H groups in total. The van der Waals surface area contributed by atoms with E-state index in [1.807, 2.05) is 20.8 Å². The summed E-state index contributed by atoms with van der Waals surface area (Å²) in [6.45, 7) is 5.58. The summed E-state index contributed by atoms with van der Waals surface area (Å²) in [5.41, 5.74) is -0.407. The van der Waals surface area contributed by atoms with Crippen LogP contribution in [0.15, 0.2) is 23.1 Å². The predicted octanol–water partition coefficient (Wildman–Crippen LogP) is 1.85. The lowest BCUT2D eigenvalue weighted by Gasteiger charge is -2.18. The fourth-order valence-electron chi connectivity index (χ4n) is 1.52. The van der Waals surface area contributed by atoms with Crippen LogP contribution < -0.4 is 10.5 Å². The Labute approximate surface area is 112 Å². The van der Waals surface area contributed by atoms with Gasteiger partial charge in [-0.3, -0.25) is 4.79 Å². The molecule has 5 nitrogen and oxygen atoms in total. The van der Waals surface area contributed by atoms with Crippen LogP contribution in [0.1, 0.15) is 27.2 Å². The van der Waals surface area contributed by atoms with Crippen LogP contribution in [0.5, 0.6) is 0 Å². The normalized spacial score (nSPS) is 12.3. The molecule has 0 aliphatic rings. The SMILES string of the molecule is CC(C)(C)CC(=O)Nc1cc(F)ccc1S(N)(=O)=O. The topological polar surface area (TPSA) is 89.3 Å². The van der Waals surface area contributed by atoms with E-state index in [0.29, 0.717) is 0 Å². The van der Waals surface area contributed by atoms with Gasteiger partial charge in [-0.25, -0.2) is 17.9 Å². The van der Waals surface area contributed by atoms with Gasteiger partial charge in [0.05, 0.1) is 5.69 Å². The molecule has 1 amide bonds. The Morgan fingerprint density at radius 3 is 2.42 bits per heavy atom. The molecular weight excluding hydrogens is 271 g/mol. The minimum atomic E-state index is -4.02. The standard InChI is InChI=1S/C12H17FN2O3S/c1-12(2,3)7-11(16)15-9-6-8(13)4-5-10(9)19(14,17)18/h4-6H,7H2,1-3H3,(H,15,16)(H2,14,17,18). The molecule has 0 spiro atoms. The van der Waals surface area contributed by atoms with E-state index in [0.717, 1.165) is 18.2 Å². The summed E-state index contributed by atoms with van der Waals surface area (Å²) >= 11 is 0. The van der Waals surface area contributed by atoms with Gasteiger partial charge in [-0.1, -0.05) is 20.8 Å². The molecule has 0 heterocycles. The fourth-order valence-corrected chi connectivity index (χ4v) is 2.20. The van der Waals surface area contributed by atoms with Crippen molar-refractivity contribution < 1.29 is 17.6 Å². The summed E-state index contributed by atoms with van der Waals surface area (Å²) in [6.07, 6.45) is 0.174. The minimum absolute atomic E-state index is 0.142. The van der Waals surface area contributed by atoms with Crippen molar-refractivity contribution in [2.24, 2.45) is 10.6 Å². The van der Waals surface area contributed by atoms with Gasteiger partial charge in [0, 0.05) is 6.42 Å². The summed E-state index contributed by atoms with van der Waals surface area (Å²) in [5.74, 6) is -1.05. The number of carbonyl (C=O) groups excluding carboxylic acids is 1. The molecule has 0 saturated carbocycles. The highest BCUT2D eigenvalue weighted by atomic mass is 32.2. The van der Waals surface area contributed by atoms with E-state index >= 15 is 0 Å². The van der Waals surface area contributed by atoms with Crippen molar-refractivity contribution in [2.75, 3.05) is 5.32 Å². The number of nitrogens with two attached hydrogens (primary N) is 1. The Bertz CT molecular complexity index is 591. The summed E-state index contributed by atoms with van der Waals surface area (Å²) in [4.78, 5) is 11.4. The molecule has 1 aromatic carbocycles. The number of benzene rings is 1. The highest BCUT2D eigenvalue weighted by molar-refractivity contribution is 7.89. The largest absolute Gasteiger partial charge is 0.325 e. The van der Waals surface area contributed by atoms with Crippen LogP contribution in [0, 0.1) is 11.2 Å². The first-order chi connectivity index (χ1) is 8.49. The molecule has 106 valence electrons. The van der Waals surface area contributed by atoms with Gasteiger partial charge >= 0.3 is 0 Å². The number of rotatable bonds is 3. The summed E-state index contributed by atoms with van der Waals surface area (Å²) < 4.78 is 35.8. The maximum absolute atomic E-state index is 13.1. The van der Waals surface area contributed by atoms with Crippen molar-refractivity contribution in [3.8, 4) is 0 Å². The third-order valence-electron chi connectivity index (χ3n) is 2.21. The maximum Gasteiger partial charge on any atom is 0.240 e. The first kappa shape index (κ1) is 15.6. The number of amides is 1. The van der Waals surface area contributed by atoms with Crippen LogP contribution in [0.4, 0.5) is 10.1 Å². The Morgan fingerprint density at radius 2 is 1.95 bits per heavy atom. The zero-order chi connectivity index (χ0) is 14.8. The number of anilines is 1. The van der Waals surface area contributed by atoms with E-state index in [1.54, 1.807) is 0 Å². The fraction of sp³-hybridized carbons (Fsp3) is 0.417. The Balaban J connectivity index is 3.07. The molecule has 0 fully saturated rings. The van der Waals surface area contributed by atoms with Gasteiger partial charge in [-0.05, 0) is 23.6 Å². The first-order valence-corrected chi connectivity index (χ1v) is 7.16. The molecule has 0 aliphatic carbocycles. The zero-order valence-electron chi connectivity index (χ0n) is 11.0. The molecule has 19 heavy (non-hydrogen) atoms. The van der Waals surface area contributed by atoms with Crippen LogP contribution in [0.3, 0.4) is 0 Å². The van der Waals surface area contributed by atoms with E-state index < -0.39 is 21.7 Å². The average molecular weight is 288 g/mol. The predicted molar refractivity (Wildman–Crippen MR) is 70.5 cm³/mol. The smallest absolute Gasteiger partial charge is 0.240 e. The zero-order valence-corrected chi connectivity index (χ0v) is 11.8. The van der Waals surface area contributed by atoms with Crippen molar-refractivity contribution in [3.63, 3.8) is 0 Å². The number of primary sulfonamides is 1. The van der Waals surface area contributed by atoms with Crippen LogP contribution in [0.25, 0.3) is 0 Å². The molecule has 7 heteroatoms. The summed E-state index contributed by atoms with van der Waals surface area (Å²) in [5, 5.41) is 7.39. The van der Waals surface area contributed by atoms with Crippen molar-refractivity contribution in [1.29, 1.82) is 0 Å². The van der Waals surface area contributed by atoms with Gasteiger partial charge in [0.1, 0.15) is 10.7 Å². The second-order valence-corrected chi connectivity index (χ2v) is 7.00. The average Bonchev–Trinajstić information content (AvgIpc) is 2.11. The lowest BCUT2D eigenvalue weighted by atomic mass is 9.92. The quantitative estimate of drug-likeness (QED) is 0.889. The maximum atomic E-state index is 13.1. The molecule has 1 aromatic rings. The highest BCUT2D eigenvalue weighted by Crippen LogP contribution is 2.24. The van der Waals surface area contributed by atoms with E-state index in [-0.39, 0.29) is 22.4 Å². The number of sulfonamides is 1. The van der Waals surface area contributed by atoms with Crippen molar-refractivity contribution in [1.82, 2.24) is 0 Å². The van der Waals surface area contributed by atoms with Gasteiger partial charge in [0.2, 0.25) is 15.9 Å². The molecule has 0 aliphatic heterocycles. The van der Waals surface area contributed by atoms with Gasteiger partial charge in [-0.2, -0.15) is 0 Å². The second-order valence-electron chi connectivity index (χ2n) is 5.47. The number of carbonyl (C=O) groups is 1. The molecule has 1 rings (SSSR count). The molecule has 0 saturated heterocycles. The Kier molecular flexibility index (Phi) is 4.32. The van der Waals surface area contributed by atoms with Gasteiger partial charge in [0.15, 0.2) is 0 Å². The Morgan fingerprint density at radius 1 is 1.37 bits per heavy atom. The third-order valence-corrected chi connectivity index (χ3v) is 3.18. The molecule has 0 radical (unpaired) electrons. The molecule has 0 aromatic heterocycles. The molecular formula is C12H17FN2O3S. The lowest BCUT2D eigenvalue weighted by Crippen LogP contribution is -2.22. The lowest BCUT2D eigenvalue weighted by molar-refractivity contribution is -0.117. The van der Waals surface area contributed by atoms with Gasteiger partial charge in [0.25, 0.3) is 0 Å². The van der Waals surface area contributed by atoms with Crippen molar-refractivity contribution >= 4 is 21.6 Å². The third kappa shape index (κ3) is 4.96. The van der Waals surface area contributed by atoms with E-state index in [9.17, 15) is 17.6 Å². The van der Waals surface area contributed by atoms with Crippen molar-refractivity contribution in [2.45, 2.75) is 32.1 Å². The number of hydrogen-bond acceptors (Lipinski definition) is 3. The summed E-state index contributed by atoms with van der Waals surface area (Å²) in [7, 11) is -4.02. The first-order valence-electron chi connectivity index (χ1n) is 5.61. The van der Waals surface area contributed by atoms with Crippen LogP contribution in [-0.2, 0) is 14.8 Å². The number of hydrogen-bond donors (Lipinski definition) is 2. The number of nitrogens with one attached hydrogen (secondary N) is 1.